The molecule has 0 amide bonds. The number of pyridine rings is 1. The van der Waals surface area contributed by atoms with E-state index in [9.17, 15) is 4.79 Å². The number of imidazole rings is 1. The van der Waals surface area contributed by atoms with Crippen molar-refractivity contribution >= 4 is 17.4 Å². The molecule has 82 valence electrons. The van der Waals surface area contributed by atoms with Gasteiger partial charge in [-0.3, -0.25) is 4.79 Å². The van der Waals surface area contributed by atoms with Crippen LogP contribution in [0.15, 0.2) is 24.5 Å². The SMILES string of the molecule is Cc1cc(C(=O)c2nccn2C)cc(Cl)n1. The highest BCUT2D eigenvalue weighted by molar-refractivity contribution is 6.30. The maximum absolute atomic E-state index is 12.1. The summed E-state index contributed by atoms with van der Waals surface area (Å²) in [6.07, 6.45) is 3.31. The standard InChI is InChI=1S/C11H10ClN3O/c1-7-5-8(6-9(12)14-7)10(16)11-13-3-4-15(11)2/h3-6H,1-2H3. The lowest BCUT2D eigenvalue weighted by atomic mass is 10.1. The number of aromatic nitrogens is 3. The normalized spacial score (nSPS) is 10.4. The number of hydrogen-bond donors (Lipinski definition) is 0. The second kappa shape index (κ2) is 4.06. The molecule has 4 nitrogen and oxygen atoms in total. The second-order valence-electron chi connectivity index (χ2n) is 3.51. The van der Waals surface area contributed by atoms with Gasteiger partial charge in [0.2, 0.25) is 5.78 Å². The van der Waals surface area contributed by atoms with Crippen LogP contribution in [0.3, 0.4) is 0 Å². The fourth-order valence-electron chi connectivity index (χ4n) is 1.47. The minimum Gasteiger partial charge on any atom is -0.331 e. The Hall–Kier alpha value is -1.68. The molecule has 2 aromatic heterocycles. The Kier molecular flexibility index (Phi) is 2.75. The first-order chi connectivity index (χ1) is 7.58. The summed E-state index contributed by atoms with van der Waals surface area (Å²) < 4.78 is 1.67. The fraction of sp³-hybridized carbons (Fsp3) is 0.182. The first-order valence-corrected chi connectivity index (χ1v) is 5.12. The molecule has 2 rings (SSSR count). The predicted molar refractivity (Wildman–Crippen MR) is 60.6 cm³/mol. The summed E-state index contributed by atoms with van der Waals surface area (Å²) in [6.45, 7) is 1.79. The van der Waals surface area contributed by atoms with Crippen LogP contribution in [0.25, 0.3) is 0 Å². The number of hydrogen-bond acceptors (Lipinski definition) is 3. The molecule has 2 aromatic rings. The van der Waals surface area contributed by atoms with Crippen molar-refractivity contribution in [2.75, 3.05) is 0 Å². The molecule has 0 aliphatic rings. The molecule has 0 unspecified atom stereocenters. The van der Waals surface area contributed by atoms with E-state index < -0.39 is 0 Å². The van der Waals surface area contributed by atoms with E-state index in [0.29, 0.717) is 22.2 Å². The molecule has 2 heterocycles. The van der Waals surface area contributed by atoms with Crippen LogP contribution in [0.4, 0.5) is 0 Å². The van der Waals surface area contributed by atoms with Gasteiger partial charge in [0.1, 0.15) is 5.15 Å². The molecule has 5 heteroatoms. The Morgan fingerprint density at radius 3 is 2.75 bits per heavy atom. The van der Waals surface area contributed by atoms with Crippen LogP contribution in [0.2, 0.25) is 5.15 Å². The van der Waals surface area contributed by atoms with Gasteiger partial charge in [-0.15, -0.1) is 0 Å². The lowest BCUT2D eigenvalue weighted by Gasteiger charge is -2.02. The number of halogens is 1. The summed E-state index contributed by atoms with van der Waals surface area (Å²) in [5, 5.41) is 0.317. The van der Waals surface area contributed by atoms with Gasteiger partial charge in [0.25, 0.3) is 0 Å². The van der Waals surface area contributed by atoms with Gasteiger partial charge >= 0.3 is 0 Å². The number of carbonyl (C=O) groups is 1. The van der Waals surface area contributed by atoms with Crippen LogP contribution in [-0.4, -0.2) is 20.3 Å². The number of aryl methyl sites for hydroxylation is 2. The zero-order chi connectivity index (χ0) is 11.7. The van der Waals surface area contributed by atoms with Gasteiger partial charge in [0.05, 0.1) is 0 Å². The minimum absolute atomic E-state index is 0.153. The third kappa shape index (κ3) is 1.97. The van der Waals surface area contributed by atoms with Crippen LogP contribution < -0.4 is 0 Å². The number of rotatable bonds is 2. The van der Waals surface area contributed by atoms with Gasteiger partial charge in [-0.1, -0.05) is 11.6 Å². The molecular weight excluding hydrogens is 226 g/mol. The van der Waals surface area contributed by atoms with Crippen LogP contribution in [0.1, 0.15) is 21.9 Å². The average Bonchev–Trinajstić information content (AvgIpc) is 2.62. The molecule has 0 atom stereocenters. The maximum atomic E-state index is 12.1. The molecule has 0 fully saturated rings. The molecule has 0 aromatic carbocycles. The lowest BCUT2D eigenvalue weighted by molar-refractivity contribution is 0.102. The van der Waals surface area contributed by atoms with Crippen molar-refractivity contribution < 1.29 is 4.79 Å². The van der Waals surface area contributed by atoms with Crippen molar-refractivity contribution in [3.63, 3.8) is 0 Å². The van der Waals surface area contributed by atoms with Crippen LogP contribution in [0, 0.1) is 6.92 Å². The van der Waals surface area contributed by atoms with E-state index in [1.807, 2.05) is 0 Å². The van der Waals surface area contributed by atoms with Gasteiger partial charge in [-0.05, 0) is 19.1 Å². The molecule has 0 N–H and O–H groups in total. The molecule has 0 bridgehead atoms. The van der Waals surface area contributed by atoms with Crippen molar-refractivity contribution in [2.45, 2.75) is 6.92 Å². The molecular formula is C11H10ClN3O. The number of carbonyl (C=O) groups excluding carboxylic acids is 1. The summed E-state index contributed by atoms with van der Waals surface area (Å²) >= 11 is 5.80. The number of nitrogens with zero attached hydrogens (tertiary/aromatic N) is 3. The molecule has 0 aliphatic carbocycles. The lowest BCUT2D eigenvalue weighted by Crippen LogP contribution is -2.09. The molecule has 0 saturated heterocycles. The van der Waals surface area contributed by atoms with E-state index in [1.165, 1.54) is 0 Å². The third-order valence-electron chi connectivity index (χ3n) is 2.21. The second-order valence-corrected chi connectivity index (χ2v) is 3.90. The zero-order valence-electron chi connectivity index (χ0n) is 8.94. The Morgan fingerprint density at radius 1 is 1.44 bits per heavy atom. The van der Waals surface area contributed by atoms with Crippen molar-refractivity contribution in [1.29, 1.82) is 0 Å². The minimum atomic E-state index is -0.153. The third-order valence-corrected chi connectivity index (χ3v) is 2.40. The molecule has 0 spiro atoms. The first-order valence-electron chi connectivity index (χ1n) is 4.74. The molecule has 0 saturated carbocycles. The number of ketones is 1. The van der Waals surface area contributed by atoms with E-state index in [4.69, 9.17) is 11.6 Å². The van der Waals surface area contributed by atoms with Crippen molar-refractivity contribution in [2.24, 2.45) is 7.05 Å². The fourth-order valence-corrected chi connectivity index (χ4v) is 1.72. The Labute approximate surface area is 97.9 Å². The van der Waals surface area contributed by atoms with E-state index >= 15 is 0 Å². The largest absolute Gasteiger partial charge is 0.331 e. The van der Waals surface area contributed by atoms with Gasteiger partial charge < -0.3 is 4.57 Å². The van der Waals surface area contributed by atoms with E-state index in [0.717, 1.165) is 0 Å². The van der Waals surface area contributed by atoms with E-state index in [1.54, 1.807) is 43.1 Å². The van der Waals surface area contributed by atoms with Crippen molar-refractivity contribution in [1.82, 2.24) is 14.5 Å². The summed E-state index contributed by atoms with van der Waals surface area (Å²) in [4.78, 5) is 20.1. The highest BCUT2D eigenvalue weighted by Gasteiger charge is 2.14. The van der Waals surface area contributed by atoms with Gasteiger partial charge in [-0.2, -0.15) is 0 Å². The highest BCUT2D eigenvalue weighted by Crippen LogP contribution is 2.13. The summed E-state index contributed by atoms with van der Waals surface area (Å²) in [5.74, 6) is 0.238. The first kappa shape index (κ1) is 10.8. The average molecular weight is 236 g/mol. The Balaban J connectivity index is 2.45. The van der Waals surface area contributed by atoms with Gasteiger partial charge in [0.15, 0.2) is 5.82 Å². The van der Waals surface area contributed by atoms with E-state index in [2.05, 4.69) is 9.97 Å². The highest BCUT2D eigenvalue weighted by atomic mass is 35.5. The zero-order valence-corrected chi connectivity index (χ0v) is 9.69. The maximum Gasteiger partial charge on any atom is 0.228 e. The smallest absolute Gasteiger partial charge is 0.228 e. The van der Waals surface area contributed by atoms with Crippen LogP contribution >= 0.6 is 11.6 Å². The van der Waals surface area contributed by atoms with Gasteiger partial charge in [-0.25, -0.2) is 9.97 Å². The van der Waals surface area contributed by atoms with Crippen molar-refractivity contribution in [3.05, 3.63) is 46.8 Å². The summed E-state index contributed by atoms with van der Waals surface area (Å²) in [7, 11) is 1.77. The van der Waals surface area contributed by atoms with Crippen LogP contribution in [-0.2, 0) is 7.05 Å². The van der Waals surface area contributed by atoms with Gasteiger partial charge in [0, 0.05) is 30.7 Å². The van der Waals surface area contributed by atoms with Crippen LogP contribution in [0.5, 0.6) is 0 Å². The Morgan fingerprint density at radius 2 is 2.19 bits per heavy atom. The monoisotopic (exact) mass is 235 g/mol. The topological polar surface area (TPSA) is 47.8 Å². The molecule has 0 radical (unpaired) electrons. The quantitative estimate of drug-likeness (QED) is 0.591. The van der Waals surface area contributed by atoms with Crippen molar-refractivity contribution in [3.8, 4) is 0 Å². The molecule has 16 heavy (non-hydrogen) atoms. The predicted octanol–water partition coefficient (Wildman–Crippen LogP) is 2.01. The Bertz CT molecular complexity index is 528. The van der Waals surface area contributed by atoms with E-state index in [-0.39, 0.29) is 5.78 Å². The summed E-state index contributed by atoms with van der Waals surface area (Å²) in [6, 6.07) is 3.24. The molecule has 0 aliphatic heterocycles. The summed E-state index contributed by atoms with van der Waals surface area (Å²) in [5.41, 5.74) is 1.22.